The highest BCUT2D eigenvalue weighted by Gasteiger charge is 2.15. The maximum Gasteiger partial charge on any atom is 0.223 e. The van der Waals surface area contributed by atoms with Gasteiger partial charge in [0.15, 0.2) is 0 Å². The van der Waals surface area contributed by atoms with Crippen LogP contribution in [0.2, 0.25) is 0 Å². The predicted octanol–water partition coefficient (Wildman–Crippen LogP) is 2.11. The van der Waals surface area contributed by atoms with Crippen molar-refractivity contribution in [3.63, 3.8) is 0 Å². The minimum Gasteiger partial charge on any atom is -0.343 e. The standard InChI is InChI=1S/C14H19N3OS/c15-10-12-4-5-13(19-12)11-16-7-6-14(18)17-8-2-1-3-9-17/h4-5,16H,1-3,6-9,11H2. The summed E-state index contributed by atoms with van der Waals surface area (Å²) >= 11 is 1.50. The fourth-order valence-electron chi connectivity index (χ4n) is 2.24. The smallest absolute Gasteiger partial charge is 0.223 e. The molecule has 0 unspecified atom stereocenters. The third-order valence-electron chi connectivity index (χ3n) is 3.30. The van der Waals surface area contributed by atoms with Crippen LogP contribution < -0.4 is 5.32 Å². The van der Waals surface area contributed by atoms with Gasteiger partial charge in [-0.15, -0.1) is 11.3 Å². The van der Waals surface area contributed by atoms with E-state index in [1.807, 2.05) is 17.0 Å². The molecular formula is C14H19N3OS. The molecule has 0 aromatic carbocycles. The van der Waals surface area contributed by atoms with E-state index in [9.17, 15) is 4.79 Å². The monoisotopic (exact) mass is 277 g/mol. The summed E-state index contributed by atoms with van der Waals surface area (Å²) in [6.07, 6.45) is 4.11. The van der Waals surface area contributed by atoms with E-state index in [0.717, 1.165) is 42.2 Å². The first-order chi connectivity index (χ1) is 9.29. The van der Waals surface area contributed by atoms with Crippen molar-refractivity contribution in [3.05, 3.63) is 21.9 Å². The van der Waals surface area contributed by atoms with Gasteiger partial charge in [-0.05, 0) is 31.4 Å². The molecule has 0 saturated carbocycles. The average molecular weight is 277 g/mol. The lowest BCUT2D eigenvalue weighted by Crippen LogP contribution is -2.37. The highest BCUT2D eigenvalue weighted by Crippen LogP contribution is 2.14. The zero-order chi connectivity index (χ0) is 13.5. The molecule has 2 rings (SSSR count). The van der Waals surface area contributed by atoms with Gasteiger partial charge in [0, 0.05) is 37.5 Å². The number of rotatable bonds is 5. The number of hydrogen-bond acceptors (Lipinski definition) is 4. The van der Waals surface area contributed by atoms with Crippen LogP contribution in [-0.4, -0.2) is 30.4 Å². The zero-order valence-electron chi connectivity index (χ0n) is 11.0. The summed E-state index contributed by atoms with van der Waals surface area (Å²) in [5.41, 5.74) is 0. The maximum absolute atomic E-state index is 11.9. The Balaban J connectivity index is 1.63. The van der Waals surface area contributed by atoms with Crippen LogP contribution in [0.4, 0.5) is 0 Å². The van der Waals surface area contributed by atoms with Crippen molar-refractivity contribution in [1.82, 2.24) is 10.2 Å². The third kappa shape index (κ3) is 4.34. The minimum absolute atomic E-state index is 0.260. The van der Waals surface area contributed by atoms with Gasteiger partial charge in [-0.2, -0.15) is 5.26 Å². The molecule has 4 nitrogen and oxygen atoms in total. The Morgan fingerprint density at radius 1 is 1.37 bits per heavy atom. The summed E-state index contributed by atoms with van der Waals surface area (Å²) in [5.74, 6) is 0.260. The molecule has 1 fully saturated rings. The molecular weight excluding hydrogens is 258 g/mol. The largest absolute Gasteiger partial charge is 0.343 e. The average Bonchev–Trinajstić information content (AvgIpc) is 2.92. The molecule has 1 amide bonds. The lowest BCUT2D eigenvalue weighted by atomic mass is 10.1. The van der Waals surface area contributed by atoms with Crippen molar-refractivity contribution >= 4 is 17.2 Å². The first-order valence-corrected chi connectivity index (χ1v) is 7.58. The molecule has 0 radical (unpaired) electrons. The van der Waals surface area contributed by atoms with Crippen molar-refractivity contribution in [2.75, 3.05) is 19.6 Å². The van der Waals surface area contributed by atoms with Crippen LogP contribution in [0.5, 0.6) is 0 Å². The summed E-state index contributed by atoms with van der Waals surface area (Å²) < 4.78 is 0. The van der Waals surface area contributed by atoms with Gasteiger partial charge in [0.05, 0.1) is 0 Å². The number of amides is 1. The van der Waals surface area contributed by atoms with Crippen LogP contribution >= 0.6 is 11.3 Å². The summed E-state index contributed by atoms with van der Waals surface area (Å²) in [5, 5.41) is 12.0. The van der Waals surface area contributed by atoms with Crippen LogP contribution in [0, 0.1) is 11.3 Å². The Hall–Kier alpha value is -1.38. The number of hydrogen-bond donors (Lipinski definition) is 1. The molecule has 1 aliphatic rings. The van der Waals surface area contributed by atoms with Gasteiger partial charge in [-0.3, -0.25) is 4.79 Å². The van der Waals surface area contributed by atoms with E-state index in [0.29, 0.717) is 13.0 Å². The molecule has 0 spiro atoms. The zero-order valence-corrected chi connectivity index (χ0v) is 11.8. The Kier molecular flexibility index (Phi) is 5.37. The Labute approximate surface area is 118 Å². The minimum atomic E-state index is 0.260. The van der Waals surface area contributed by atoms with Crippen LogP contribution in [0.3, 0.4) is 0 Å². The summed E-state index contributed by atoms with van der Waals surface area (Å²) in [4.78, 5) is 15.8. The van der Waals surface area contributed by atoms with E-state index < -0.39 is 0 Å². The van der Waals surface area contributed by atoms with Gasteiger partial charge < -0.3 is 10.2 Å². The third-order valence-corrected chi connectivity index (χ3v) is 4.29. The molecule has 5 heteroatoms. The SMILES string of the molecule is N#Cc1ccc(CNCCC(=O)N2CCCCC2)s1. The highest BCUT2D eigenvalue weighted by molar-refractivity contribution is 7.12. The van der Waals surface area contributed by atoms with Crippen LogP contribution in [0.15, 0.2) is 12.1 Å². The molecule has 1 saturated heterocycles. The highest BCUT2D eigenvalue weighted by atomic mass is 32.1. The number of piperidine rings is 1. The molecule has 1 N–H and O–H groups in total. The number of thiophene rings is 1. The number of carbonyl (C=O) groups is 1. The van der Waals surface area contributed by atoms with Crippen LogP contribution in [-0.2, 0) is 11.3 Å². The summed E-state index contributed by atoms with van der Waals surface area (Å²) in [6.45, 7) is 3.29. The molecule has 1 aliphatic heterocycles. The normalized spacial score (nSPS) is 15.2. The van der Waals surface area contributed by atoms with Crippen LogP contribution in [0.1, 0.15) is 35.4 Å². The van der Waals surface area contributed by atoms with E-state index in [-0.39, 0.29) is 5.91 Å². The molecule has 1 aromatic rings. The lowest BCUT2D eigenvalue weighted by Gasteiger charge is -2.26. The van der Waals surface area contributed by atoms with Crippen molar-refractivity contribution in [2.45, 2.75) is 32.2 Å². The Morgan fingerprint density at radius 2 is 2.16 bits per heavy atom. The van der Waals surface area contributed by atoms with Crippen molar-refractivity contribution in [3.8, 4) is 6.07 Å². The van der Waals surface area contributed by atoms with E-state index in [4.69, 9.17) is 5.26 Å². The van der Waals surface area contributed by atoms with E-state index in [1.165, 1.54) is 17.8 Å². The first kappa shape index (κ1) is 14.0. The predicted molar refractivity (Wildman–Crippen MR) is 75.8 cm³/mol. The van der Waals surface area contributed by atoms with E-state index >= 15 is 0 Å². The Bertz CT molecular complexity index is 458. The fourth-order valence-corrected chi connectivity index (χ4v) is 3.02. The second-order valence-corrected chi connectivity index (χ2v) is 5.91. The van der Waals surface area contributed by atoms with Crippen LogP contribution in [0.25, 0.3) is 0 Å². The number of likely N-dealkylation sites (tertiary alicyclic amines) is 1. The lowest BCUT2D eigenvalue weighted by molar-refractivity contribution is -0.131. The van der Waals surface area contributed by atoms with Gasteiger partial charge in [0.25, 0.3) is 0 Å². The molecule has 0 bridgehead atoms. The molecule has 102 valence electrons. The molecule has 1 aromatic heterocycles. The summed E-state index contributed by atoms with van der Waals surface area (Å²) in [6, 6.07) is 5.92. The van der Waals surface area contributed by atoms with Crippen molar-refractivity contribution in [2.24, 2.45) is 0 Å². The molecule has 2 heterocycles. The molecule has 19 heavy (non-hydrogen) atoms. The summed E-state index contributed by atoms with van der Waals surface area (Å²) in [7, 11) is 0. The van der Waals surface area contributed by atoms with Gasteiger partial charge in [0.2, 0.25) is 5.91 Å². The van der Waals surface area contributed by atoms with E-state index in [2.05, 4.69) is 11.4 Å². The van der Waals surface area contributed by atoms with Crippen molar-refractivity contribution < 1.29 is 4.79 Å². The molecule has 0 aliphatic carbocycles. The second-order valence-electron chi connectivity index (χ2n) is 4.75. The maximum atomic E-state index is 11.9. The van der Waals surface area contributed by atoms with Gasteiger partial charge in [0.1, 0.15) is 10.9 Å². The number of nitrogens with one attached hydrogen (secondary N) is 1. The second kappa shape index (κ2) is 7.27. The fraction of sp³-hybridized carbons (Fsp3) is 0.571. The molecule has 0 atom stereocenters. The topological polar surface area (TPSA) is 56.1 Å². The number of nitriles is 1. The number of carbonyl (C=O) groups excluding carboxylic acids is 1. The first-order valence-electron chi connectivity index (χ1n) is 6.77. The van der Waals surface area contributed by atoms with Gasteiger partial charge >= 0.3 is 0 Å². The van der Waals surface area contributed by atoms with Gasteiger partial charge in [-0.1, -0.05) is 0 Å². The van der Waals surface area contributed by atoms with E-state index in [1.54, 1.807) is 0 Å². The van der Waals surface area contributed by atoms with Gasteiger partial charge in [-0.25, -0.2) is 0 Å². The van der Waals surface area contributed by atoms with Crippen molar-refractivity contribution in [1.29, 1.82) is 5.26 Å². The quantitative estimate of drug-likeness (QED) is 0.839. The number of nitrogens with zero attached hydrogens (tertiary/aromatic N) is 2. The Morgan fingerprint density at radius 3 is 2.84 bits per heavy atom.